The third-order valence-electron chi connectivity index (χ3n) is 2.78. The van der Waals surface area contributed by atoms with Gasteiger partial charge >= 0.3 is 0 Å². The summed E-state index contributed by atoms with van der Waals surface area (Å²) in [5, 5.41) is 8.75. The Morgan fingerprint density at radius 2 is 1.95 bits per heavy atom. The molecule has 1 heterocycles. The molecule has 0 radical (unpaired) electrons. The zero-order chi connectivity index (χ0) is 14.5. The Balaban J connectivity index is 1.96. The molecular formula is C15H16N4O. The summed E-state index contributed by atoms with van der Waals surface area (Å²) < 4.78 is 5.68. The maximum absolute atomic E-state index is 8.75. The van der Waals surface area contributed by atoms with Gasteiger partial charge in [-0.2, -0.15) is 5.26 Å². The van der Waals surface area contributed by atoms with Gasteiger partial charge < -0.3 is 10.5 Å². The van der Waals surface area contributed by atoms with Crippen LogP contribution in [-0.2, 0) is 6.42 Å². The van der Waals surface area contributed by atoms with Gasteiger partial charge in [-0.25, -0.2) is 9.97 Å². The summed E-state index contributed by atoms with van der Waals surface area (Å²) in [5.74, 6) is 1.62. The summed E-state index contributed by atoms with van der Waals surface area (Å²) in [7, 11) is 0. The Morgan fingerprint density at radius 3 is 2.55 bits per heavy atom. The van der Waals surface area contributed by atoms with Gasteiger partial charge in [0, 0.05) is 6.42 Å². The van der Waals surface area contributed by atoms with Crippen molar-refractivity contribution in [3.05, 3.63) is 46.9 Å². The first-order chi connectivity index (χ1) is 9.58. The van der Waals surface area contributed by atoms with Crippen LogP contribution >= 0.6 is 0 Å². The number of nitrogen functional groups attached to an aromatic ring is 1. The van der Waals surface area contributed by atoms with Crippen LogP contribution in [0.5, 0.6) is 5.75 Å². The predicted molar refractivity (Wildman–Crippen MR) is 76.3 cm³/mol. The molecule has 0 saturated carbocycles. The Kier molecular flexibility index (Phi) is 4.16. The molecule has 0 atom stereocenters. The average molecular weight is 268 g/mol. The van der Waals surface area contributed by atoms with E-state index in [1.165, 1.54) is 17.3 Å². The summed E-state index contributed by atoms with van der Waals surface area (Å²) in [5.41, 5.74) is 8.27. The summed E-state index contributed by atoms with van der Waals surface area (Å²) >= 11 is 0. The van der Waals surface area contributed by atoms with E-state index in [1.807, 2.05) is 32.0 Å². The Morgan fingerprint density at radius 1 is 1.25 bits per heavy atom. The molecule has 5 heteroatoms. The van der Waals surface area contributed by atoms with Crippen LogP contribution in [0.15, 0.2) is 24.4 Å². The minimum Gasteiger partial charge on any atom is -0.493 e. The van der Waals surface area contributed by atoms with Crippen LogP contribution in [0.25, 0.3) is 0 Å². The van der Waals surface area contributed by atoms with Gasteiger partial charge in [-0.3, -0.25) is 0 Å². The lowest BCUT2D eigenvalue weighted by Crippen LogP contribution is -2.07. The molecule has 2 rings (SSSR count). The van der Waals surface area contributed by atoms with Crippen molar-refractivity contribution in [1.29, 1.82) is 5.26 Å². The highest BCUT2D eigenvalue weighted by Crippen LogP contribution is 2.16. The molecule has 1 aromatic heterocycles. The summed E-state index contributed by atoms with van der Waals surface area (Å²) in [6.07, 6.45) is 1.98. The van der Waals surface area contributed by atoms with Gasteiger partial charge in [0.05, 0.1) is 12.8 Å². The molecule has 0 bridgehead atoms. The molecule has 20 heavy (non-hydrogen) atoms. The number of benzene rings is 1. The normalized spacial score (nSPS) is 10.1. The van der Waals surface area contributed by atoms with Gasteiger partial charge in [-0.05, 0) is 37.1 Å². The van der Waals surface area contributed by atoms with Crippen LogP contribution in [-0.4, -0.2) is 16.6 Å². The topological polar surface area (TPSA) is 84.8 Å². The lowest BCUT2D eigenvalue weighted by atomic mass is 10.1. The van der Waals surface area contributed by atoms with Gasteiger partial charge in [-0.1, -0.05) is 6.07 Å². The van der Waals surface area contributed by atoms with Crippen molar-refractivity contribution in [1.82, 2.24) is 9.97 Å². The molecule has 0 aliphatic carbocycles. The predicted octanol–water partition coefficient (Wildman–Crippen LogP) is 2.17. The molecule has 1 aromatic carbocycles. The second kappa shape index (κ2) is 6.02. The fourth-order valence-corrected chi connectivity index (χ4v) is 1.92. The zero-order valence-corrected chi connectivity index (χ0v) is 11.6. The lowest BCUT2D eigenvalue weighted by molar-refractivity contribution is 0.318. The minimum absolute atomic E-state index is 0.212. The van der Waals surface area contributed by atoms with Crippen LogP contribution in [0, 0.1) is 25.2 Å². The molecule has 102 valence electrons. The lowest BCUT2D eigenvalue weighted by Gasteiger charge is -2.08. The number of nitrogens with two attached hydrogens (primary N) is 1. The van der Waals surface area contributed by atoms with Crippen LogP contribution in [0.4, 0.5) is 5.82 Å². The Bertz CT molecular complexity index is 641. The molecular weight excluding hydrogens is 252 g/mol. The number of hydrogen-bond donors (Lipinski definition) is 1. The van der Waals surface area contributed by atoms with Gasteiger partial charge in [0.2, 0.25) is 0 Å². The maximum atomic E-state index is 8.75. The number of rotatable bonds is 4. The second-order valence-electron chi connectivity index (χ2n) is 4.62. The number of anilines is 1. The average Bonchev–Trinajstić information content (AvgIpc) is 2.38. The van der Waals surface area contributed by atoms with E-state index < -0.39 is 0 Å². The number of nitriles is 1. The number of aryl methyl sites for hydroxylation is 2. The molecule has 0 aliphatic heterocycles. The Hall–Kier alpha value is -2.61. The molecule has 0 aliphatic rings. The number of ether oxygens (including phenoxy) is 1. The third-order valence-corrected chi connectivity index (χ3v) is 2.78. The summed E-state index contributed by atoms with van der Waals surface area (Å²) in [4.78, 5) is 8.16. The van der Waals surface area contributed by atoms with Crippen molar-refractivity contribution in [3.8, 4) is 11.8 Å². The number of aromatic nitrogens is 2. The van der Waals surface area contributed by atoms with E-state index in [-0.39, 0.29) is 5.82 Å². The van der Waals surface area contributed by atoms with E-state index in [4.69, 9.17) is 15.7 Å². The Labute approximate surface area is 118 Å². The van der Waals surface area contributed by atoms with E-state index in [0.29, 0.717) is 24.4 Å². The maximum Gasteiger partial charge on any atom is 0.145 e. The van der Waals surface area contributed by atoms with Crippen LogP contribution < -0.4 is 10.5 Å². The van der Waals surface area contributed by atoms with Gasteiger partial charge in [0.25, 0.3) is 0 Å². The van der Waals surface area contributed by atoms with E-state index in [9.17, 15) is 0 Å². The van der Waals surface area contributed by atoms with E-state index in [2.05, 4.69) is 16.0 Å². The highest BCUT2D eigenvalue weighted by atomic mass is 16.5. The van der Waals surface area contributed by atoms with Crippen molar-refractivity contribution < 1.29 is 4.74 Å². The van der Waals surface area contributed by atoms with Gasteiger partial charge in [0.15, 0.2) is 0 Å². The van der Waals surface area contributed by atoms with E-state index >= 15 is 0 Å². The van der Waals surface area contributed by atoms with Crippen LogP contribution in [0.3, 0.4) is 0 Å². The molecule has 0 unspecified atom stereocenters. The molecule has 0 saturated heterocycles. The second-order valence-corrected chi connectivity index (χ2v) is 4.62. The fourth-order valence-electron chi connectivity index (χ4n) is 1.92. The largest absolute Gasteiger partial charge is 0.493 e. The van der Waals surface area contributed by atoms with Crippen LogP contribution in [0.1, 0.15) is 22.5 Å². The molecule has 0 amide bonds. The van der Waals surface area contributed by atoms with Crippen molar-refractivity contribution in [3.63, 3.8) is 0 Å². The smallest absolute Gasteiger partial charge is 0.145 e. The highest BCUT2D eigenvalue weighted by molar-refractivity contribution is 5.46. The summed E-state index contributed by atoms with van der Waals surface area (Å²) in [6, 6.07) is 8.00. The van der Waals surface area contributed by atoms with Gasteiger partial charge in [0.1, 0.15) is 29.0 Å². The first-order valence-corrected chi connectivity index (χ1v) is 6.31. The van der Waals surface area contributed by atoms with Crippen molar-refractivity contribution in [2.45, 2.75) is 20.3 Å². The quantitative estimate of drug-likeness (QED) is 0.918. The number of hydrogen-bond acceptors (Lipinski definition) is 5. The van der Waals surface area contributed by atoms with Crippen LogP contribution in [0.2, 0.25) is 0 Å². The third kappa shape index (κ3) is 3.45. The molecule has 0 spiro atoms. The first kappa shape index (κ1) is 13.8. The highest BCUT2D eigenvalue weighted by Gasteiger charge is 2.04. The molecule has 2 aromatic rings. The number of nitrogens with zero attached hydrogens (tertiary/aromatic N) is 3. The standard InChI is InChI=1S/C15H16N4O/c1-10-5-11(2)7-13(6-10)20-4-3-14-18-9-12(8-16)15(17)19-14/h5-7,9H,3-4H2,1-2H3,(H2,17,18,19). The molecule has 0 fully saturated rings. The van der Waals surface area contributed by atoms with E-state index in [0.717, 1.165) is 5.75 Å². The SMILES string of the molecule is Cc1cc(C)cc(OCCc2ncc(C#N)c(N)n2)c1. The molecule has 2 N–H and O–H groups in total. The zero-order valence-electron chi connectivity index (χ0n) is 11.6. The summed E-state index contributed by atoms with van der Waals surface area (Å²) in [6.45, 7) is 4.53. The minimum atomic E-state index is 0.212. The monoisotopic (exact) mass is 268 g/mol. The van der Waals surface area contributed by atoms with Crippen molar-refractivity contribution >= 4 is 5.82 Å². The first-order valence-electron chi connectivity index (χ1n) is 6.31. The van der Waals surface area contributed by atoms with Crippen molar-refractivity contribution in [2.24, 2.45) is 0 Å². The van der Waals surface area contributed by atoms with Gasteiger partial charge in [-0.15, -0.1) is 0 Å². The molecule has 5 nitrogen and oxygen atoms in total. The van der Waals surface area contributed by atoms with E-state index in [1.54, 1.807) is 0 Å². The fraction of sp³-hybridized carbons (Fsp3) is 0.267. The van der Waals surface area contributed by atoms with Crippen molar-refractivity contribution in [2.75, 3.05) is 12.3 Å².